The topological polar surface area (TPSA) is 97.7 Å². The number of carbonyl (C=O) groups is 2. The van der Waals surface area contributed by atoms with E-state index >= 15 is 0 Å². The van der Waals surface area contributed by atoms with Gasteiger partial charge in [0.25, 0.3) is 0 Å². The number of nitrogens with zero attached hydrogens (tertiary/aromatic N) is 1. The summed E-state index contributed by atoms with van der Waals surface area (Å²) in [5.41, 5.74) is 0. The first-order valence-corrected chi connectivity index (χ1v) is 8.82. The first-order chi connectivity index (χ1) is 11.3. The summed E-state index contributed by atoms with van der Waals surface area (Å²) in [6, 6.07) is 0. The van der Waals surface area contributed by atoms with Crippen LogP contribution in [0.1, 0.15) is 46.5 Å². The molecule has 2 N–H and O–H groups in total. The van der Waals surface area contributed by atoms with E-state index in [2.05, 4.69) is 19.1 Å². The maximum atomic E-state index is 11.2. The fourth-order valence-corrected chi connectivity index (χ4v) is 2.98. The van der Waals surface area contributed by atoms with Crippen molar-refractivity contribution in [3.63, 3.8) is 0 Å². The molecule has 0 aliphatic heterocycles. The molecular formula is C18H33KNO5+. The summed E-state index contributed by atoms with van der Waals surface area (Å²) in [6.07, 6.45) is 8.18. The van der Waals surface area contributed by atoms with Crippen molar-refractivity contribution in [2.45, 2.75) is 46.5 Å². The molecule has 7 heteroatoms. The van der Waals surface area contributed by atoms with Crippen molar-refractivity contribution < 1.29 is 80.8 Å². The van der Waals surface area contributed by atoms with Crippen LogP contribution in [-0.2, 0) is 9.59 Å². The summed E-state index contributed by atoms with van der Waals surface area (Å²) in [5, 5.41) is 29.8. The molecule has 0 aromatic carbocycles. The summed E-state index contributed by atoms with van der Waals surface area (Å²) in [5.74, 6) is -3.34. The average Bonchev–Trinajstić information content (AvgIpc) is 2.50. The summed E-state index contributed by atoms with van der Waals surface area (Å²) < 4.78 is 0.275. The molecule has 0 rings (SSSR count). The van der Waals surface area contributed by atoms with Crippen molar-refractivity contribution in [1.82, 2.24) is 0 Å². The molecule has 3 atom stereocenters. The zero-order chi connectivity index (χ0) is 18.6. The number of unbranched alkanes of at least 4 members (excludes halogenated alkanes) is 2. The Morgan fingerprint density at radius 1 is 1.08 bits per heavy atom. The number of hydrogen-bond acceptors (Lipinski definition) is 4. The Hall–Kier alpha value is 0.236. The van der Waals surface area contributed by atoms with Crippen molar-refractivity contribution in [3.8, 4) is 0 Å². The number of aliphatic carboxylic acids is 2. The van der Waals surface area contributed by atoms with Crippen LogP contribution in [-0.4, -0.2) is 59.4 Å². The molecule has 140 valence electrons. The van der Waals surface area contributed by atoms with Crippen molar-refractivity contribution in [2.24, 2.45) is 11.8 Å². The van der Waals surface area contributed by atoms with Crippen LogP contribution in [0.2, 0.25) is 0 Å². The van der Waals surface area contributed by atoms with Crippen LogP contribution < -0.4 is 56.5 Å². The number of aliphatic hydroxyl groups excluding tert-OH is 1. The van der Waals surface area contributed by atoms with E-state index in [1.54, 1.807) is 13.8 Å². The second-order valence-corrected chi connectivity index (χ2v) is 6.74. The Labute approximate surface area is 194 Å². The number of carbonyl (C=O) groups excluding carboxylic acids is 1. The average molecular weight is 383 g/mol. The predicted octanol–water partition coefficient (Wildman–Crippen LogP) is -1.96. The van der Waals surface area contributed by atoms with Gasteiger partial charge in [0.05, 0.1) is 26.2 Å². The van der Waals surface area contributed by atoms with Crippen LogP contribution in [0.4, 0.5) is 0 Å². The van der Waals surface area contributed by atoms with E-state index < -0.39 is 23.8 Å². The normalized spacial score (nSPS) is 16.0. The molecule has 0 aliphatic rings. The van der Waals surface area contributed by atoms with Crippen LogP contribution in [0.5, 0.6) is 0 Å². The molecule has 0 spiro atoms. The molecule has 0 heterocycles. The largest absolute Gasteiger partial charge is 1.00 e. The molecule has 0 radical (unpaired) electrons. The van der Waals surface area contributed by atoms with E-state index in [0.29, 0.717) is 19.6 Å². The van der Waals surface area contributed by atoms with Gasteiger partial charge in [0.1, 0.15) is 12.5 Å². The molecular weight excluding hydrogens is 349 g/mol. The Morgan fingerprint density at radius 2 is 1.64 bits per heavy atom. The molecule has 0 saturated carbocycles. The maximum Gasteiger partial charge on any atom is 1.00 e. The fraction of sp³-hybridized carbons (Fsp3) is 0.778. The first-order valence-electron chi connectivity index (χ1n) is 8.82. The third kappa shape index (κ3) is 12.3. The molecule has 0 saturated heterocycles. The van der Waals surface area contributed by atoms with Crippen LogP contribution in [0.3, 0.4) is 0 Å². The van der Waals surface area contributed by atoms with Gasteiger partial charge in [-0.1, -0.05) is 38.8 Å². The Kier molecular flexibility index (Phi) is 16.8. The number of allylic oxidation sites excluding steroid dienone is 1. The van der Waals surface area contributed by atoms with Crippen LogP contribution in [0.15, 0.2) is 12.2 Å². The van der Waals surface area contributed by atoms with Crippen molar-refractivity contribution >= 4 is 11.9 Å². The molecule has 0 aromatic rings. The molecule has 25 heavy (non-hydrogen) atoms. The quantitative estimate of drug-likeness (QED) is 0.157. The van der Waals surface area contributed by atoms with Crippen LogP contribution in [0, 0.1) is 11.8 Å². The summed E-state index contributed by atoms with van der Waals surface area (Å²) in [7, 11) is 0. The Morgan fingerprint density at radius 3 is 2.12 bits per heavy atom. The van der Waals surface area contributed by atoms with Crippen molar-refractivity contribution in [2.75, 3.05) is 32.8 Å². The molecule has 0 amide bonds. The molecule has 0 fully saturated rings. The van der Waals surface area contributed by atoms with Crippen molar-refractivity contribution in [1.29, 1.82) is 0 Å². The van der Waals surface area contributed by atoms with E-state index in [0.717, 1.165) is 25.7 Å². The molecule has 6 nitrogen and oxygen atoms in total. The van der Waals surface area contributed by atoms with Gasteiger partial charge in [-0.2, -0.15) is 0 Å². The Balaban J connectivity index is 0. The van der Waals surface area contributed by atoms with Crippen LogP contribution >= 0.6 is 0 Å². The van der Waals surface area contributed by atoms with Gasteiger partial charge in [-0.3, -0.25) is 4.79 Å². The fourth-order valence-electron chi connectivity index (χ4n) is 2.98. The smallest absolute Gasteiger partial charge is 0.550 e. The van der Waals surface area contributed by atoms with Gasteiger partial charge < -0.3 is 24.6 Å². The van der Waals surface area contributed by atoms with E-state index in [1.165, 1.54) is 0 Å². The number of quaternary nitrogens is 1. The second-order valence-electron chi connectivity index (χ2n) is 6.74. The number of aliphatic hydroxyl groups is 1. The number of hydrogen-bond donors (Lipinski definition) is 2. The van der Waals surface area contributed by atoms with Gasteiger partial charge in [0.2, 0.25) is 0 Å². The summed E-state index contributed by atoms with van der Waals surface area (Å²) >= 11 is 0. The Bertz CT molecular complexity index is 392. The zero-order valence-corrected chi connectivity index (χ0v) is 19.4. The number of rotatable bonds is 14. The van der Waals surface area contributed by atoms with E-state index in [9.17, 15) is 24.9 Å². The first kappa shape index (κ1) is 27.5. The van der Waals surface area contributed by atoms with Gasteiger partial charge in [-0.05, 0) is 13.3 Å². The second kappa shape index (κ2) is 15.3. The van der Waals surface area contributed by atoms with Gasteiger partial charge in [-0.25, -0.2) is 0 Å². The maximum absolute atomic E-state index is 11.2. The van der Waals surface area contributed by atoms with Crippen molar-refractivity contribution in [3.05, 3.63) is 12.2 Å². The monoisotopic (exact) mass is 382 g/mol. The van der Waals surface area contributed by atoms with E-state index in [1.807, 2.05) is 0 Å². The minimum Gasteiger partial charge on any atom is -0.550 e. The zero-order valence-electron chi connectivity index (χ0n) is 16.2. The summed E-state index contributed by atoms with van der Waals surface area (Å²) in [4.78, 5) is 22.4. The molecule has 0 aromatic heterocycles. The minimum atomic E-state index is -1.14. The van der Waals surface area contributed by atoms with Gasteiger partial charge in [0.15, 0.2) is 0 Å². The third-order valence-electron chi connectivity index (χ3n) is 4.38. The number of carboxylic acids is 2. The van der Waals surface area contributed by atoms with E-state index in [-0.39, 0.29) is 69.0 Å². The third-order valence-corrected chi connectivity index (χ3v) is 4.38. The van der Waals surface area contributed by atoms with Gasteiger partial charge in [0, 0.05) is 18.3 Å². The van der Waals surface area contributed by atoms with Gasteiger partial charge >= 0.3 is 57.4 Å². The molecule has 0 aliphatic carbocycles. The molecule has 3 unspecified atom stereocenters. The molecule has 0 bridgehead atoms. The minimum absolute atomic E-state index is 0. The SMILES string of the molecule is CCCC/C=C/CC[N+](CCO)(CC(C)C(=O)[O-])CC(C)C(=O)O.[K+]. The van der Waals surface area contributed by atoms with E-state index in [4.69, 9.17) is 0 Å². The van der Waals surface area contributed by atoms with Crippen LogP contribution in [0.25, 0.3) is 0 Å². The standard InChI is InChI=1S/C18H33NO5.K/c1-4-5-6-7-8-9-10-19(11-12-20,13-15(2)17(21)22)14-16(3)18(23)24;/h7-8,15-16,20H,4-6,9-14H2,1-3H3,(H-,21,22,23,24);/q;+1/b8-7+;. The predicted molar refractivity (Wildman–Crippen MR) is 91.1 cm³/mol. The van der Waals surface area contributed by atoms with Gasteiger partial charge in [-0.15, -0.1) is 0 Å². The summed E-state index contributed by atoms with van der Waals surface area (Å²) in [6.45, 7) is 6.74. The number of carboxylic acid groups (broad SMARTS) is 2.